The van der Waals surface area contributed by atoms with E-state index in [2.05, 4.69) is 5.32 Å². The van der Waals surface area contributed by atoms with Gasteiger partial charge >= 0.3 is 6.03 Å². The number of benzene rings is 2. The van der Waals surface area contributed by atoms with Gasteiger partial charge in [0.25, 0.3) is 5.91 Å². The molecule has 3 amide bonds. The minimum absolute atomic E-state index is 0.208. The number of amides is 3. The number of fused-ring (bicyclic) bond motifs is 3. The standard InChI is InChI=1S/C28H27N3O5/c1-17-13-21(18(2)30(17)14-20-16-35-24-9-5-6-10-25(24)36-20)23(32)15-31-26(33)28(29-27(31)34)12-11-19-7-3-4-8-22(19)28/h3-10,13,20H,11-12,14-16H2,1-2H3,(H,29,34)/t20-,28+/m0/s1. The summed E-state index contributed by atoms with van der Waals surface area (Å²) in [4.78, 5) is 40.7. The SMILES string of the molecule is Cc1cc(C(=O)CN2C(=O)N[C@@]3(CCc4ccccc43)C2=O)c(C)n1C[C@H]1COc2ccccc2O1. The van der Waals surface area contributed by atoms with Crippen molar-refractivity contribution < 1.29 is 23.9 Å². The first-order chi connectivity index (χ1) is 17.4. The van der Waals surface area contributed by atoms with Crippen LogP contribution >= 0.6 is 0 Å². The summed E-state index contributed by atoms with van der Waals surface area (Å²) in [6.07, 6.45) is 1.01. The molecular weight excluding hydrogens is 458 g/mol. The number of nitrogens with one attached hydrogen (secondary N) is 1. The Kier molecular flexibility index (Phi) is 5.14. The molecule has 184 valence electrons. The Labute approximate surface area is 208 Å². The molecular formula is C28H27N3O5. The third kappa shape index (κ3) is 3.39. The van der Waals surface area contributed by atoms with Gasteiger partial charge in [-0.2, -0.15) is 0 Å². The smallest absolute Gasteiger partial charge is 0.325 e. The van der Waals surface area contributed by atoms with E-state index in [4.69, 9.17) is 9.47 Å². The van der Waals surface area contributed by atoms with Gasteiger partial charge in [-0.25, -0.2) is 4.79 Å². The Morgan fingerprint density at radius 3 is 2.67 bits per heavy atom. The highest BCUT2D eigenvalue weighted by molar-refractivity contribution is 6.12. The van der Waals surface area contributed by atoms with E-state index in [1.165, 1.54) is 0 Å². The molecule has 1 fully saturated rings. The molecule has 8 heteroatoms. The first-order valence-corrected chi connectivity index (χ1v) is 12.2. The Morgan fingerprint density at radius 1 is 1.08 bits per heavy atom. The highest BCUT2D eigenvalue weighted by Crippen LogP contribution is 2.41. The zero-order chi connectivity index (χ0) is 25.0. The van der Waals surface area contributed by atoms with Crippen molar-refractivity contribution in [2.24, 2.45) is 0 Å². The molecule has 2 aliphatic heterocycles. The molecule has 36 heavy (non-hydrogen) atoms. The third-order valence-corrected chi connectivity index (χ3v) is 7.55. The number of ether oxygens (including phenoxy) is 2. The van der Waals surface area contributed by atoms with Crippen molar-refractivity contribution in [2.45, 2.75) is 44.9 Å². The van der Waals surface area contributed by atoms with Crippen molar-refractivity contribution in [1.82, 2.24) is 14.8 Å². The van der Waals surface area contributed by atoms with Crippen molar-refractivity contribution in [3.05, 3.63) is 82.7 Å². The van der Waals surface area contributed by atoms with Crippen LogP contribution in [0.15, 0.2) is 54.6 Å². The van der Waals surface area contributed by atoms with E-state index in [1.54, 1.807) is 0 Å². The number of aryl methyl sites for hydroxylation is 2. The maximum atomic E-state index is 13.4. The predicted molar refractivity (Wildman–Crippen MR) is 131 cm³/mol. The lowest BCUT2D eigenvalue weighted by Crippen LogP contribution is -2.42. The number of Topliss-reactive ketones (excluding diaryl/α,β-unsaturated/α-hetero) is 1. The van der Waals surface area contributed by atoms with E-state index >= 15 is 0 Å². The summed E-state index contributed by atoms with van der Waals surface area (Å²) in [5.41, 5.74) is 2.98. The van der Waals surface area contributed by atoms with Crippen molar-refractivity contribution in [3.63, 3.8) is 0 Å². The number of nitrogens with zero attached hydrogens (tertiary/aromatic N) is 2. The number of para-hydroxylation sites is 2. The fourth-order valence-electron chi connectivity index (χ4n) is 5.68. The highest BCUT2D eigenvalue weighted by atomic mass is 16.6. The molecule has 1 N–H and O–H groups in total. The van der Waals surface area contributed by atoms with Gasteiger partial charge in [-0.15, -0.1) is 0 Å². The molecule has 0 bridgehead atoms. The summed E-state index contributed by atoms with van der Waals surface area (Å²) < 4.78 is 14.0. The average molecular weight is 486 g/mol. The molecule has 0 unspecified atom stereocenters. The first kappa shape index (κ1) is 22.4. The van der Waals surface area contributed by atoms with Gasteiger partial charge < -0.3 is 19.4 Å². The predicted octanol–water partition coefficient (Wildman–Crippen LogP) is 3.52. The van der Waals surface area contributed by atoms with E-state index in [0.29, 0.717) is 37.3 Å². The van der Waals surface area contributed by atoms with Crippen molar-refractivity contribution >= 4 is 17.7 Å². The lowest BCUT2D eigenvalue weighted by Gasteiger charge is -2.27. The van der Waals surface area contributed by atoms with Gasteiger partial charge in [0.05, 0.1) is 13.1 Å². The van der Waals surface area contributed by atoms with Crippen LogP contribution in [0.1, 0.15) is 39.3 Å². The zero-order valence-corrected chi connectivity index (χ0v) is 20.2. The Balaban J connectivity index is 1.19. The van der Waals surface area contributed by atoms with E-state index in [9.17, 15) is 14.4 Å². The van der Waals surface area contributed by atoms with E-state index in [-0.39, 0.29) is 24.3 Å². The van der Waals surface area contributed by atoms with E-state index < -0.39 is 11.6 Å². The Hall–Kier alpha value is -4.07. The van der Waals surface area contributed by atoms with E-state index in [1.807, 2.05) is 73.0 Å². The summed E-state index contributed by atoms with van der Waals surface area (Å²) >= 11 is 0. The Morgan fingerprint density at radius 2 is 1.83 bits per heavy atom. The molecule has 8 nitrogen and oxygen atoms in total. The van der Waals surface area contributed by atoms with Gasteiger partial charge in [0.1, 0.15) is 12.1 Å². The van der Waals surface area contributed by atoms with Crippen molar-refractivity contribution in [3.8, 4) is 11.5 Å². The van der Waals surface area contributed by atoms with Gasteiger partial charge in [-0.3, -0.25) is 14.5 Å². The number of carbonyl (C=O) groups excluding carboxylic acids is 3. The van der Waals surface area contributed by atoms with Crippen LogP contribution in [0.2, 0.25) is 0 Å². The minimum atomic E-state index is -1.07. The molecule has 1 saturated heterocycles. The fourth-order valence-corrected chi connectivity index (χ4v) is 5.68. The lowest BCUT2D eigenvalue weighted by molar-refractivity contribution is -0.131. The van der Waals surface area contributed by atoms with Gasteiger partial charge in [0, 0.05) is 17.0 Å². The summed E-state index contributed by atoms with van der Waals surface area (Å²) in [5.74, 6) is 0.800. The molecule has 0 radical (unpaired) electrons. The maximum Gasteiger partial charge on any atom is 0.325 e. The second-order valence-corrected chi connectivity index (χ2v) is 9.70. The molecule has 3 aliphatic rings. The fraction of sp³-hybridized carbons (Fsp3) is 0.321. The number of aromatic nitrogens is 1. The maximum absolute atomic E-state index is 13.4. The van der Waals surface area contributed by atoms with Gasteiger partial charge in [-0.1, -0.05) is 36.4 Å². The number of ketones is 1. The summed E-state index contributed by atoms with van der Waals surface area (Å²) in [6.45, 7) is 4.43. The van der Waals surface area contributed by atoms with E-state index in [0.717, 1.165) is 33.2 Å². The molecule has 1 spiro atoms. The molecule has 3 aromatic rings. The lowest BCUT2D eigenvalue weighted by atomic mass is 9.92. The number of rotatable bonds is 5. The highest BCUT2D eigenvalue weighted by Gasteiger charge is 2.55. The molecule has 2 atom stereocenters. The van der Waals surface area contributed by atoms with Gasteiger partial charge in [-0.05, 0) is 56.0 Å². The normalized spacial score (nSPS) is 22.2. The number of hydrogen-bond donors (Lipinski definition) is 1. The van der Waals surface area contributed by atoms with Crippen LogP contribution in [0.3, 0.4) is 0 Å². The van der Waals surface area contributed by atoms with Crippen LogP contribution in [0.25, 0.3) is 0 Å². The largest absolute Gasteiger partial charge is 0.486 e. The van der Waals surface area contributed by atoms with Crippen molar-refractivity contribution in [1.29, 1.82) is 0 Å². The van der Waals surface area contributed by atoms with Gasteiger partial charge in [0.15, 0.2) is 23.4 Å². The van der Waals surface area contributed by atoms with Crippen LogP contribution in [0, 0.1) is 13.8 Å². The van der Waals surface area contributed by atoms with Crippen LogP contribution < -0.4 is 14.8 Å². The zero-order valence-electron chi connectivity index (χ0n) is 20.2. The second-order valence-electron chi connectivity index (χ2n) is 9.70. The summed E-state index contributed by atoms with van der Waals surface area (Å²) in [7, 11) is 0. The summed E-state index contributed by atoms with van der Waals surface area (Å²) in [5, 5.41) is 2.89. The third-order valence-electron chi connectivity index (χ3n) is 7.55. The van der Waals surface area contributed by atoms with Crippen LogP contribution in [-0.2, 0) is 23.3 Å². The van der Waals surface area contributed by atoms with Gasteiger partial charge in [0.2, 0.25) is 0 Å². The number of carbonyl (C=O) groups is 3. The topological polar surface area (TPSA) is 89.9 Å². The average Bonchev–Trinajstić information content (AvgIpc) is 3.48. The Bertz CT molecular complexity index is 1410. The number of urea groups is 1. The number of hydrogen-bond acceptors (Lipinski definition) is 5. The van der Waals surface area contributed by atoms with Crippen LogP contribution in [0.4, 0.5) is 4.79 Å². The van der Waals surface area contributed by atoms with Crippen LogP contribution in [-0.4, -0.2) is 46.4 Å². The first-order valence-electron chi connectivity index (χ1n) is 12.2. The molecule has 0 saturated carbocycles. The molecule has 2 aromatic carbocycles. The quantitative estimate of drug-likeness (QED) is 0.441. The van der Waals surface area contributed by atoms with Crippen molar-refractivity contribution in [2.75, 3.05) is 13.2 Å². The second kappa shape index (κ2) is 8.26. The molecule has 6 rings (SSSR count). The molecule has 1 aliphatic carbocycles. The summed E-state index contributed by atoms with van der Waals surface area (Å²) in [6, 6.07) is 16.5. The molecule has 1 aromatic heterocycles. The van der Waals surface area contributed by atoms with Crippen LogP contribution in [0.5, 0.6) is 11.5 Å². The monoisotopic (exact) mass is 485 g/mol. The molecule has 3 heterocycles. The number of imide groups is 1. The minimum Gasteiger partial charge on any atom is -0.486 e.